The first-order valence-corrected chi connectivity index (χ1v) is 10.6. The summed E-state index contributed by atoms with van der Waals surface area (Å²) < 4.78 is 0. The summed E-state index contributed by atoms with van der Waals surface area (Å²) in [5.41, 5.74) is 1.38. The van der Waals surface area contributed by atoms with E-state index in [9.17, 15) is 29.1 Å². The molecule has 0 aliphatic carbocycles. The van der Waals surface area contributed by atoms with E-state index in [1.807, 2.05) is 0 Å². The third-order valence-corrected chi connectivity index (χ3v) is 5.52. The van der Waals surface area contributed by atoms with Gasteiger partial charge in [-0.1, -0.05) is 54.6 Å². The quantitative estimate of drug-likeness (QED) is 0.436. The van der Waals surface area contributed by atoms with E-state index < -0.39 is 48.7 Å². The summed E-state index contributed by atoms with van der Waals surface area (Å²) in [5, 5.41) is 15.4. The Kier molecular flexibility index (Phi) is 6.35. The van der Waals surface area contributed by atoms with Gasteiger partial charge >= 0.3 is 5.97 Å². The number of rotatable bonds is 8. The molecule has 0 fully saturated rings. The predicted molar refractivity (Wildman–Crippen MR) is 122 cm³/mol. The van der Waals surface area contributed by atoms with Crippen molar-refractivity contribution in [2.24, 2.45) is 0 Å². The van der Waals surface area contributed by atoms with E-state index in [1.54, 1.807) is 66.7 Å². The zero-order valence-electron chi connectivity index (χ0n) is 18.0. The smallest absolute Gasteiger partial charge is 0.326 e. The number of imide groups is 1. The molecule has 1 aliphatic heterocycles. The Bertz CT molecular complexity index is 1250. The third-order valence-electron chi connectivity index (χ3n) is 5.52. The van der Waals surface area contributed by atoms with Crippen molar-refractivity contribution in [2.75, 3.05) is 13.1 Å². The molecule has 0 saturated carbocycles. The van der Waals surface area contributed by atoms with Gasteiger partial charge in [0.25, 0.3) is 11.8 Å². The normalized spacial score (nSPS) is 13.5. The summed E-state index contributed by atoms with van der Waals surface area (Å²) >= 11 is 0. The Morgan fingerprint density at radius 3 is 2.03 bits per heavy atom. The van der Waals surface area contributed by atoms with Crippen LogP contribution in [0.2, 0.25) is 0 Å². The number of amides is 4. The minimum atomic E-state index is -1.21. The largest absolute Gasteiger partial charge is 0.480 e. The van der Waals surface area contributed by atoms with Crippen LogP contribution >= 0.6 is 0 Å². The standard InChI is InChI=1S/C25H21N3O6/c29-20(27-19(25(33)34)12-15-6-2-1-3-7-15)13-26-21(30)14-28-23(31)17-10-4-8-16-9-5-11-18(22(16)17)24(28)32/h1-11,19H,12-14H2,(H,26,30)(H,27,29)(H,33,34). The van der Waals surface area contributed by atoms with Crippen LogP contribution < -0.4 is 10.6 Å². The van der Waals surface area contributed by atoms with Gasteiger partial charge in [-0.2, -0.15) is 0 Å². The Morgan fingerprint density at radius 1 is 0.824 bits per heavy atom. The number of hydrogen-bond acceptors (Lipinski definition) is 5. The second kappa shape index (κ2) is 9.53. The summed E-state index contributed by atoms with van der Waals surface area (Å²) in [6, 6.07) is 17.8. The van der Waals surface area contributed by atoms with E-state index in [0.717, 1.165) is 15.8 Å². The Balaban J connectivity index is 1.36. The van der Waals surface area contributed by atoms with Gasteiger partial charge in [-0.3, -0.25) is 24.1 Å². The zero-order chi connectivity index (χ0) is 24.2. The van der Waals surface area contributed by atoms with E-state index in [2.05, 4.69) is 10.6 Å². The third kappa shape index (κ3) is 4.63. The monoisotopic (exact) mass is 459 g/mol. The molecule has 3 aromatic rings. The van der Waals surface area contributed by atoms with Crippen LogP contribution in [0.1, 0.15) is 26.3 Å². The molecule has 172 valence electrons. The molecular weight excluding hydrogens is 438 g/mol. The second-order valence-electron chi connectivity index (χ2n) is 7.83. The average Bonchev–Trinajstić information content (AvgIpc) is 2.84. The fourth-order valence-electron chi connectivity index (χ4n) is 3.90. The van der Waals surface area contributed by atoms with Crippen LogP contribution in [0.5, 0.6) is 0 Å². The number of carboxylic acids is 1. The van der Waals surface area contributed by atoms with Crippen molar-refractivity contribution in [3.63, 3.8) is 0 Å². The van der Waals surface area contributed by atoms with E-state index in [1.165, 1.54) is 0 Å². The summed E-state index contributed by atoms with van der Waals surface area (Å²) in [7, 11) is 0. The van der Waals surface area contributed by atoms with Crippen molar-refractivity contribution in [2.45, 2.75) is 12.5 Å². The van der Waals surface area contributed by atoms with E-state index in [0.29, 0.717) is 16.5 Å². The minimum Gasteiger partial charge on any atom is -0.480 e. The molecule has 1 aliphatic rings. The summed E-state index contributed by atoms with van der Waals surface area (Å²) in [6.07, 6.45) is 0.0809. The number of hydrogen-bond donors (Lipinski definition) is 3. The minimum absolute atomic E-state index is 0.0809. The maximum absolute atomic E-state index is 12.9. The summed E-state index contributed by atoms with van der Waals surface area (Å²) in [4.78, 5) is 62.7. The lowest BCUT2D eigenvalue weighted by atomic mass is 9.94. The molecule has 0 aromatic heterocycles. The Hall–Kier alpha value is -4.53. The molecule has 1 unspecified atom stereocenters. The number of benzene rings is 3. The summed E-state index contributed by atoms with van der Waals surface area (Å²) in [6.45, 7) is -1.07. The molecule has 4 amide bonds. The molecule has 9 nitrogen and oxygen atoms in total. The highest BCUT2D eigenvalue weighted by Gasteiger charge is 2.34. The first-order chi connectivity index (χ1) is 16.3. The van der Waals surface area contributed by atoms with Crippen LogP contribution in [0.15, 0.2) is 66.7 Å². The van der Waals surface area contributed by atoms with Gasteiger partial charge in [0.1, 0.15) is 12.6 Å². The lowest BCUT2D eigenvalue weighted by molar-refractivity contribution is -0.141. The Labute approximate surface area is 194 Å². The number of carboxylic acid groups (broad SMARTS) is 1. The van der Waals surface area contributed by atoms with Crippen LogP contribution in [0.25, 0.3) is 10.8 Å². The molecule has 4 rings (SSSR count). The first-order valence-electron chi connectivity index (χ1n) is 10.6. The molecule has 9 heteroatoms. The number of nitrogens with one attached hydrogen (secondary N) is 2. The van der Waals surface area contributed by atoms with Gasteiger partial charge in [0.05, 0.1) is 6.54 Å². The first kappa shape index (κ1) is 22.7. The van der Waals surface area contributed by atoms with Gasteiger partial charge in [-0.15, -0.1) is 0 Å². The van der Waals surface area contributed by atoms with Gasteiger partial charge in [0.2, 0.25) is 11.8 Å². The molecule has 1 atom stereocenters. The number of carbonyl (C=O) groups excluding carboxylic acids is 4. The van der Waals surface area contributed by atoms with Crippen LogP contribution in [0.4, 0.5) is 0 Å². The van der Waals surface area contributed by atoms with E-state index in [-0.39, 0.29) is 6.42 Å². The molecular formula is C25H21N3O6. The van der Waals surface area contributed by atoms with Gasteiger partial charge in [0, 0.05) is 22.9 Å². The molecule has 0 spiro atoms. The zero-order valence-corrected chi connectivity index (χ0v) is 18.0. The molecule has 3 aromatic carbocycles. The summed E-state index contributed by atoms with van der Waals surface area (Å²) in [5.74, 6) is -3.83. The lowest BCUT2D eigenvalue weighted by Crippen LogP contribution is -2.49. The maximum atomic E-state index is 12.9. The van der Waals surface area contributed by atoms with Gasteiger partial charge in [-0.05, 0) is 23.1 Å². The average molecular weight is 459 g/mol. The van der Waals surface area contributed by atoms with Crippen molar-refractivity contribution in [3.8, 4) is 0 Å². The SMILES string of the molecule is O=C(CN1C(=O)c2cccc3cccc(c23)C1=O)NCC(=O)NC(Cc1ccccc1)C(=O)O. The molecule has 1 heterocycles. The topological polar surface area (TPSA) is 133 Å². The Morgan fingerprint density at radius 2 is 1.44 bits per heavy atom. The van der Waals surface area contributed by atoms with Gasteiger partial charge < -0.3 is 15.7 Å². The van der Waals surface area contributed by atoms with Crippen molar-refractivity contribution in [1.82, 2.24) is 15.5 Å². The highest BCUT2D eigenvalue weighted by Crippen LogP contribution is 2.29. The molecule has 34 heavy (non-hydrogen) atoms. The highest BCUT2D eigenvalue weighted by atomic mass is 16.4. The van der Waals surface area contributed by atoms with Crippen molar-refractivity contribution >= 4 is 40.4 Å². The van der Waals surface area contributed by atoms with Crippen LogP contribution in [-0.4, -0.2) is 58.7 Å². The van der Waals surface area contributed by atoms with Crippen molar-refractivity contribution < 1.29 is 29.1 Å². The van der Waals surface area contributed by atoms with Crippen LogP contribution in [0.3, 0.4) is 0 Å². The fraction of sp³-hybridized carbons (Fsp3) is 0.160. The molecule has 3 N–H and O–H groups in total. The molecule has 0 saturated heterocycles. The second-order valence-corrected chi connectivity index (χ2v) is 7.83. The molecule has 0 radical (unpaired) electrons. The predicted octanol–water partition coefficient (Wildman–Crippen LogP) is 1.36. The maximum Gasteiger partial charge on any atom is 0.326 e. The van der Waals surface area contributed by atoms with Crippen LogP contribution in [0, 0.1) is 0 Å². The van der Waals surface area contributed by atoms with Gasteiger partial charge in [0.15, 0.2) is 0 Å². The van der Waals surface area contributed by atoms with Gasteiger partial charge in [-0.25, -0.2) is 4.79 Å². The van der Waals surface area contributed by atoms with Crippen molar-refractivity contribution in [3.05, 3.63) is 83.4 Å². The van der Waals surface area contributed by atoms with E-state index in [4.69, 9.17) is 0 Å². The number of carbonyl (C=O) groups is 5. The lowest BCUT2D eigenvalue weighted by Gasteiger charge is -2.26. The van der Waals surface area contributed by atoms with Crippen molar-refractivity contribution in [1.29, 1.82) is 0 Å². The fourth-order valence-corrected chi connectivity index (χ4v) is 3.90. The number of aliphatic carboxylic acids is 1. The van der Waals surface area contributed by atoms with E-state index >= 15 is 0 Å². The highest BCUT2D eigenvalue weighted by molar-refractivity contribution is 6.26. The number of nitrogens with zero attached hydrogens (tertiary/aromatic N) is 1. The molecule has 0 bridgehead atoms. The van der Waals surface area contributed by atoms with Crippen LogP contribution in [-0.2, 0) is 20.8 Å².